The van der Waals surface area contributed by atoms with Crippen molar-refractivity contribution >= 4 is 28.5 Å². The highest BCUT2D eigenvalue weighted by Gasteiger charge is 2.35. The third kappa shape index (κ3) is 3.33. The summed E-state index contributed by atoms with van der Waals surface area (Å²) in [5.41, 5.74) is -2.30. The number of fused-ring (bicyclic) bond motifs is 1. The first-order chi connectivity index (χ1) is 10.6. The number of carbonyl (C=O) groups is 2. The number of alkyl halides is 3. The molecule has 0 bridgehead atoms. The molecule has 1 amide bonds. The Kier molecular flexibility index (Phi) is 4.13. The molecule has 0 aliphatic rings. The number of hydrogen-bond donors (Lipinski definition) is 2. The van der Waals surface area contributed by atoms with E-state index in [0.29, 0.717) is 6.07 Å². The number of nitrogens with zero attached hydrogens (tertiary/aromatic N) is 1. The molecule has 23 heavy (non-hydrogen) atoms. The fraction of sp³-hybridized carbons (Fsp3) is 0.214. The number of pyridine rings is 1. The fourth-order valence-corrected chi connectivity index (χ4v) is 2.05. The van der Waals surface area contributed by atoms with Crippen molar-refractivity contribution in [3.8, 4) is 5.75 Å². The molecule has 1 aromatic heterocycles. The number of carboxylic acid groups (broad SMARTS) is 1. The van der Waals surface area contributed by atoms with E-state index < -0.39 is 29.3 Å². The topological polar surface area (TPSA) is 88.5 Å². The van der Waals surface area contributed by atoms with Crippen LogP contribution in [0.2, 0.25) is 0 Å². The molecule has 0 radical (unpaired) electrons. The number of aromatic nitrogens is 1. The van der Waals surface area contributed by atoms with Crippen LogP contribution in [0.1, 0.15) is 23.0 Å². The van der Waals surface area contributed by atoms with Crippen LogP contribution in [0.3, 0.4) is 0 Å². The van der Waals surface area contributed by atoms with Crippen LogP contribution in [0.15, 0.2) is 18.2 Å². The number of aromatic carboxylic acids is 1. The first-order valence-electron chi connectivity index (χ1n) is 6.24. The summed E-state index contributed by atoms with van der Waals surface area (Å²) in [6, 6.07) is 2.80. The van der Waals surface area contributed by atoms with Crippen molar-refractivity contribution in [3.63, 3.8) is 0 Å². The zero-order valence-electron chi connectivity index (χ0n) is 12.0. The molecule has 0 saturated carbocycles. The van der Waals surface area contributed by atoms with Gasteiger partial charge in [-0.2, -0.15) is 13.2 Å². The second-order valence-electron chi connectivity index (χ2n) is 4.61. The van der Waals surface area contributed by atoms with Crippen LogP contribution in [-0.4, -0.2) is 29.1 Å². The molecule has 6 nitrogen and oxygen atoms in total. The lowest BCUT2D eigenvalue weighted by Crippen LogP contribution is -2.13. The van der Waals surface area contributed by atoms with Gasteiger partial charge in [-0.15, -0.1) is 0 Å². The first kappa shape index (κ1) is 16.5. The first-order valence-corrected chi connectivity index (χ1v) is 6.24. The minimum atomic E-state index is -4.80. The number of benzene rings is 1. The van der Waals surface area contributed by atoms with E-state index in [9.17, 15) is 22.8 Å². The van der Waals surface area contributed by atoms with E-state index in [4.69, 9.17) is 9.84 Å². The number of anilines is 1. The summed E-state index contributed by atoms with van der Waals surface area (Å²) >= 11 is 0. The number of carboxylic acids is 1. The monoisotopic (exact) mass is 328 g/mol. The van der Waals surface area contributed by atoms with E-state index >= 15 is 0 Å². The Morgan fingerprint density at radius 3 is 2.39 bits per heavy atom. The zero-order chi connectivity index (χ0) is 17.4. The van der Waals surface area contributed by atoms with Crippen molar-refractivity contribution in [1.29, 1.82) is 0 Å². The highest BCUT2D eigenvalue weighted by Crippen LogP contribution is 2.38. The normalized spacial score (nSPS) is 11.3. The number of hydrogen-bond acceptors (Lipinski definition) is 4. The zero-order valence-corrected chi connectivity index (χ0v) is 12.0. The van der Waals surface area contributed by atoms with Gasteiger partial charge in [0.05, 0.1) is 23.9 Å². The predicted molar refractivity (Wildman–Crippen MR) is 74.6 cm³/mol. The van der Waals surface area contributed by atoms with Gasteiger partial charge >= 0.3 is 12.1 Å². The Hall–Kier alpha value is -2.84. The maximum atomic E-state index is 13.2. The van der Waals surface area contributed by atoms with Gasteiger partial charge in [0.15, 0.2) is 0 Å². The molecule has 0 aliphatic carbocycles. The summed E-state index contributed by atoms with van der Waals surface area (Å²) in [4.78, 5) is 26.0. The molecule has 0 fully saturated rings. The summed E-state index contributed by atoms with van der Waals surface area (Å²) in [6.07, 6.45) is -4.80. The highest BCUT2D eigenvalue weighted by atomic mass is 19.4. The maximum absolute atomic E-state index is 13.2. The molecule has 1 heterocycles. The van der Waals surface area contributed by atoms with Gasteiger partial charge in [-0.3, -0.25) is 4.79 Å². The summed E-state index contributed by atoms with van der Waals surface area (Å²) in [5.74, 6) is -2.09. The van der Waals surface area contributed by atoms with E-state index in [1.165, 1.54) is 13.2 Å². The molecule has 0 saturated heterocycles. The summed E-state index contributed by atoms with van der Waals surface area (Å²) < 4.78 is 44.7. The minimum absolute atomic E-state index is 0.0663. The summed E-state index contributed by atoms with van der Waals surface area (Å²) in [7, 11) is 1.25. The fourth-order valence-electron chi connectivity index (χ4n) is 2.05. The van der Waals surface area contributed by atoms with Crippen molar-refractivity contribution in [2.24, 2.45) is 0 Å². The lowest BCUT2D eigenvalue weighted by molar-refractivity contribution is -0.136. The van der Waals surface area contributed by atoms with Crippen LogP contribution in [0.25, 0.3) is 10.9 Å². The molecule has 2 aromatic rings. The van der Waals surface area contributed by atoms with Crippen molar-refractivity contribution < 1.29 is 32.6 Å². The van der Waals surface area contributed by atoms with Crippen molar-refractivity contribution in [1.82, 2.24) is 4.98 Å². The lowest BCUT2D eigenvalue weighted by atomic mass is 10.0. The van der Waals surface area contributed by atoms with Gasteiger partial charge in [-0.25, -0.2) is 9.78 Å². The number of rotatable bonds is 3. The molecular weight excluding hydrogens is 317 g/mol. The molecule has 0 spiro atoms. The molecule has 0 atom stereocenters. The van der Waals surface area contributed by atoms with E-state index in [-0.39, 0.29) is 22.3 Å². The third-order valence-electron chi connectivity index (χ3n) is 2.96. The van der Waals surface area contributed by atoms with E-state index in [1.807, 2.05) is 0 Å². The molecule has 9 heteroatoms. The highest BCUT2D eigenvalue weighted by molar-refractivity contribution is 6.03. The van der Waals surface area contributed by atoms with Gasteiger partial charge < -0.3 is 15.2 Å². The number of ether oxygens (including phenoxy) is 1. The standard InChI is InChI=1S/C14H11F3N2O4/c1-6(20)18-10-4-7(23-2)3-8-9(14(15,16)17)5-11(13(21)22)19-12(8)10/h3-5H,1-2H3,(H,18,20)(H,21,22). The maximum Gasteiger partial charge on any atom is 0.417 e. The Bertz CT molecular complexity index is 803. The smallest absolute Gasteiger partial charge is 0.417 e. The van der Waals surface area contributed by atoms with Crippen molar-refractivity contribution in [3.05, 3.63) is 29.5 Å². The number of amides is 1. The molecule has 122 valence electrons. The molecule has 0 unspecified atom stereocenters. The minimum Gasteiger partial charge on any atom is -0.497 e. The van der Waals surface area contributed by atoms with Crippen LogP contribution in [0, 0.1) is 0 Å². The summed E-state index contributed by atoms with van der Waals surface area (Å²) in [6.45, 7) is 1.16. The summed E-state index contributed by atoms with van der Waals surface area (Å²) in [5, 5.41) is 10.9. The largest absolute Gasteiger partial charge is 0.497 e. The molecular formula is C14H11F3N2O4. The number of carbonyl (C=O) groups excluding carboxylic acids is 1. The average molecular weight is 328 g/mol. The molecule has 0 aliphatic heterocycles. The van der Waals surface area contributed by atoms with E-state index in [0.717, 1.165) is 13.0 Å². The Labute approximate surface area is 127 Å². The van der Waals surface area contributed by atoms with Crippen LogP contribution in [0.4, 0.5) is 18.9 Å². The van der Waals surface area contributed by atoms with Gasteiger partial charge in [0, 0.05) is 18.4 Å². The van der Waals surface area contributed by atoms with Crippen molar-refractivity contribution in [2.75, 3.05) is 12.4 Å². The number of halogens is 3. The molecule has 1 aromatic carbocycles. The lowest BCUT2D eigenvalue weighted by Gasteiger charge is -2.15. The van der Waals surface area contributed by atoms with Gasteiger partial charge in [0.25, 0.3) is 0 Å². The van der Waals surface area contributed by atoms with Crippen LogP contribution in [0.5, 0.6) is 5.75 Å². The molecule has 2 N–H and O–H groups in total. The van der Waals surface area contributed by atoms with E-state index in [1.54, 1.807) is 0 Å². The number of nitrogens with one attached hydrogen (secondary N) is 1. The molecule has 2 rings (SSSR count). The van der Waals surface area contributed by atoms with Gasteiger partial charge in [0.1, 0.15) is 11.4 Å². The van der Waals surface area contributed by atoms with Crippen molar-refractivity contribution in [2.45, 2.75) is 13.1 Å². The van der Waals surface area contributed by atoms with Crippen LogP contribution < -0.4 is 10.1 Å². The predicted octanol–water partition coefficient (Wildman–Crippen LogP) is 2.92. The van der Waals surface area contributed by atoms with Gasteiger partial charge in [0.2, 0.25) is 5.91 Å². The van der Waals surface area contributed by atoms with Gasteiger partial charge in [-0.05, 0) is 12.1 Å². The SMILES string of the molecule is COc1cc(NC(C)=O)c2nc(C(=O)O)cc(C(F)(F)F)c2c1. The van der Waals surface area contributed by atoms with Gasteiger partial charge in [-0.1, -0.05) is 0 Å². The third-order valence-corrected chi connectivity index (χ3v) is 2.96. The quantitative estimate of drug-likeness (QED) is 0.904. The van der Waals surface area contributed by atoms with Crippen LogP contribution in [-0.2, 0) is 11.0 Å². The average Bonchev–Trinajstić information content (AvgIpc) is 2.44. The number of methoxy groups -OCH3 is 1. The Balaban J connectivity index is 2.92. The second kappa shape index (κ2) is 5.75. The van der Waals surface area contributed by atoms with Crippen LogP contribution >= 0.6 is 0 Å². The Morgan fingerprint density at radius 1 is 1.26 bits per heavy atom. The van der Waals surface area contributed by atoms with E-state index in [2.05, 4.69) is 10.3 Å². The second-order valence-corrected chi connectivity index (χ2v) is 4.61. The Morgan fingerprint density at radius 2 is 1.91 bits per heavy atom.